The van der Waals surface area contributed by atoms with Gasteiger partial charge in [-0.05, 0) is 26.3 Å². The molecule has 0 aliphatic heterocycles. The van der Waals surface area contributed by atoms with Gasteiger partial charge in [-0.3, -0.25) is 9.36 Å². The standard InChI is InChI=1S/C13H20N4O/c1-4-13(18)11-7-14-16(8-11)9-12-5-6-17(15-12)10(2)3/h5-8,10,13,18H,4,9H2,1-3H3. The zero-order valence-electron chi connectivity index (χ0n) is 11.1. The average Bonchev–Trinajstić information content (AvgIpc) is 2.98. The van der Waals surface area contributed by atoms with E-state index in [-0.39, 0.29) is 0 Å². The minimum atomic E-state index is -0.424. The van der Waals surface area contributed by atoms with E-state index < -0.39 is 6.10 Å². The van der Waals surface area contributed by atoms with E-state index in [4.69, 9.17) is 0 Å². The van der Waals surface area contributed by atoms with Crippen molar-refractivity contribution in [2.45, 2.75) is 45.9 Å². The topological polar surface area (TPSA) is 55.9 Å². The van der Waals surface area contributed by atoms with E-state index in [1.165, 1.54) is 0 Å². The molecule has 1 unspecified atom stereocenters. The molecular weight excluding hydrogens is 228 g/mol. The maximum Gasteiger partial charge on any atom is 0.0849 e. The third-order valence-corrected chi connectivity index (χ3v) is 2.94. The predicted molar refractivity (Wildman–Crippen MR) is 69.2 cm³/mol. The fourth-order valence-electron chi connectivity index (χ4n) is 1.79. The van der Waals surface area contributed by atoms with Crippen molar-refractivity contribution in [3.05, 3.63) is 35.9 Å². The minimum absolute atomic E-state index is 0.369. The normalized spacial score (nSPS) is 13.2. The molecule has 0 radical (unpaired) electrons. The van der Waals surface area contributed by atoms with Gasteiger partial charge in [-0.2, -0.15) is 10.2 Å². The predicted octanol–water partition coefficient (Wildman–Crippen LogP) is 2.15. The van der Waals surface area contributed by atoms with E-state index in [9.17, 15) is 5.11 Å². The van der Waals surface area contributed by atoms with E-state index in [0.717, 1.165) is 11.3 Å². The first kappa shape index (κ1) is 12.8. The van der Waals surface area contributed by atoms with Crippen LogP contribution < -0.4 is 0 Å². The molecule has 0 bridgehead atoms. The molecular formula is C13H20N4O. The first-order valence-electron chi connectivity index (χ1n) is 6.34. The zero-order valence-corrected chi connectivity index (χ0v) is 11.1. The summed E-state index contributed by atoms with van der Waals surface area (Å²) in [4.78, 5) is 0. The van der Waals surface area contributed by atoms with E-state index in [1.54, 1.807) is 10.9 Å². The second-order valence-corrected chi connectivity index (χ2v) is 4.78. The number of hydrogen-bond donors (Lipinski definition) is 1. The van der Waals surface area contributed by atoms with E-state index in [1.807, 2.05) is 30.1 Å². The minimum Gasteiger partial charge on any atom is -0.388 e. The fraction of sp³-hybridized carbons (Fsp3) is 0.538. The van der Waals surface area contributed by atoms with Gasteiger partial charge in [-0.1, -0.05) is 6.92 Å². The number of aliphatic hydroxyl groups excluding tert-OH is 1. The molecule has 0 saturated carbocycles. The van der Waals surface area contributed by atoms with Crippen molar-refractivity contribution in [1.82, 2.24) is 19.6 Å². The monoisotopic (exact) mass is 248 g/mol. The summed E-state index contributed by atoms with van der Waals surface area (Å²) >= 11 is 0. The molecule has 0 aromatic carbocycles. The Morgan fingerprint density at radius 1 is 1.39 bits per heavy atom. The summed E-state index contributed by atoms with van der Waals surface area (Å²) < 4.78 is 3.74. The van der Waals surface area contributed by atoms with Gasteiger partial charge in [0.25, 0.3) is 0 Å². The summed E-state index contributed by atoms with van der Waals surface area (Å²) in [6, 6.07) is 2.37. The van der Waals surface area contributed by atoms with Crippen molar-refractivity contribution in [1.29, 1.82) is 0 Å². The largest absolute Gasteiger partial charge is 0.388 e. The van der Waals surface area contributed by atoms with Crippen molar-refractivity contribution < 1.29 is 5.11 Å². The van der Waals surface area contributed by atoms with Crippen LogP contribution in [0.15, 0.2) is 24.7 Å². The van der Waals surface area contributed by atoms with E-state index in [2.05, 4.69) is 24.0 Å². The Labute approximate surface area is 107 Å². The Kier molecular flexibility index (Phi) is 3.81. The van der Waals surface area contributed by atoms with Crippen LogP contribution >= 0.6 is 0 Å². The summed E-state index contributed by atoms with van der Waals surface area (Å²) in [5.41, 5.74) is 1.84. The molecule has 1 atom stereocenters. The smallest absolute Gasteiger partial charge is 0.0849 e. The van der Waals surface area contributed by atoms with E-state index in [0.29, 0.717) is 19.0 Å². The molecule has 2 aromatic rings. The van der Waals surface area contributed by atoms with Gasteiger partial charge in [0.15, 0.2) is 0 Å². The number of rotatable bonds is 5. The highest BCUT2D eigenvalue weighted by Gasteiger charge is 2.08. The number of nitrogens with zero attached hydrogens (tertiary/aromatic N) is 4. The second-order valence-electron chi connectivity index (χ2n) is 4.78. The van der Waals surface area contributed by atoms with Gasteiger partial charge in [0.05, 0.1) is 24.5 Å². The molecule has 0 amide bonds. The second kappa shape index (κ2) is 5.35. The van der Waals surface area contributed by atoms with Gasteiger partial charge in [-0.15, -0.1) is 0 Å². The van der Waals surface area contributed by atoms with Crippen molar-refractivity contribution in [2.24, 2.45) is 0 Å². The summed E-state index contributed by atoms with van der Waals surface area (Å²) in [5, 5.41) is 18.4. The third kappa shape index (κ3) is 2.79. The third-order valence-electron chi connectivity index (χ3n) is 2.94. The van der Waals surface area contributed by atoms with Crippen molar-refractivity contribution >= 4 is 0 Å². The number of aliphatic hydroxyl groups is 1. The molecule has 0 aliphatic rings. The van der Waals surface area contributed by atoms with Gasteiger partial charge in [0, 0.05) is 24.0 Å². The quantitative estimate of drug-likeness (QED) is 0.882. The molecule has 0 aliphatic carbocycles. The van der Waals surface area contributed by atoms with Crippen molar-refractivity contribution in [3.8, 4) is 0 Å². The molecule has 98 valence electrons. The van der Waals surface area contributed by atoms with Gasteiger partial charge in [0.2, 0.25) is 0 Å². The molecule has 1 N–H and O–H groups in total. The van der Waals surface area contributed by atoms with E-state index >= 15 is 0 Å². The Balaban J connectivity index is 2.06. The Bertz CT molecular complexity index is 501. The Morgan fingerprint density at radius 2 is 2.17 bits per heavy atom. The van der Waals surface area contributed by atoms with Crippen LogP contribution in [0.3, 0.4) is 0 Å². The van der Waals surface area contributed by atoms with Crippen LogP contribution in [-0.4, -0.2) is 24.7 Å². The highest BCUT2D eigenvalue weighted by atomic mass is 16.3. The van der Waals surface area contributed by atoms with Gasteiger partial charge >= 0.3 is 0 Å². The molecule has 2 rings (SSSR count). The van der Waals surface area contributed by atoms with Crippen LogP contribution in [0.1, 0.15) is 50.6 Å². The summed E-state index contributed by atoms with van der Waals surface area (Å²) in [6.07, 6.45) is 5.85. The number of hydrogen-bond acceptors (Lipinski definition) is 3. The van der Waals surface area contributed by atoms with Crippen molar-refractivity contribution in [3.63, 3.8) is 0 Å². The summed E-state index contributed by atoms with van der Waals surface area (Å²) in [6.45, 7) is 6.78. The number of aromatic nitrogens is 4. The zero-order chi connectivity index (χ0) is 13.1. The summed E-state index contributed by atoms with van der Waals surface area (Å²) in [7, 11) is 0. The highest BCUT2D eigenvalue weighted by Crippen LogP contribution is 2.15. The molecule has 5 heteroatoms. The molecule has 2 heterocycles. The lowest BCUT2D eigenvalue weighted by Crippen LogP contribution is -2.05. The highest BCUT2D eigenvalue weighted by molar-refractivity contribution is 5.09. The molecule has 18 heavy (non-hydrogen) atoms. The maximum absolute atomic E-state index is 9.71. The first-order chi connectivity index (χ1) is 8.60. The van der Waals surface area contributed by atoms with Crippen LogP contribution in [0.25, 0.3) is 0 Å². The van der Waals surface area contributed by atoms with Crippen LogP contribution in [0.4, 0.5) is 0 Å². The van der Waals surface area contributed by atoms with Crippen molar-refractivity contribution in [2.75, 3.05) is 0 Å². The lowest BCUT2D eigenvalue weighted by atomic mass is 10.2. The maximum atomic E-state index is 9.71. The molecule has 0 saturated heterocycles. The van der Waals surface area contributed by atoms with Gasteiger partial charge in [0.1, 0.15) is 0 Å². The Hall–Kier alpha value is -1.62. The molecule has 5 nitrogen and oxygen atoms in total. The SMILES string of the molecule is CCC(O)c1cnn(Cc2ccn(C(C)C)n2)c1. The molecule has 0 spiro atoms. The Morgan fingerprint density at radius 3 is 2.78 bits per heavy atom. The van der Waals surface area contributed by atoms with Crippen LogP contribution in [-0.2, 0) is 6.54 Å². The lowest BCUT2D eigenvalue weighted by molar-refractivity contribution is 0.173. The average molecular weight is 248 g/mol. The van der Waals surface area contributed by atoms with Gasteiger partial charge in [-0.25, -0.2) is 0 Å². The van der Waals surface area contributed by atoms with Crippen LogP contribution in [0.5, 0.6) is 0 Å². The molecule has 2 aromatic heterocycles. The van der Waals surface area contributed by atoms with Gasteiger partial charge < -0.3 is 5.11 Å². The fourth-order valence-corrected chi connectivity index (χ4v) is 1.79. The molecule has 0 fully saturated rings. The summed E-state index contributed by atoms with van der Waals surface area (Å²) in [5.74, 6) is 0. The van der Waals surface area contributed by atoms with Crippen LogP contribution in [0, 0.1) is 0 Å². The first-order valence-corrected chi connectivity index (χ1v) is 6.34. The lowest BCUT2D eigenvalue weighted by Gasteiger charge is -2.04. The van der Waals surface area contributed by atoms with Crippen LogP contribution in [0.2, 0.25) is 0 Å².